The third-order valence-electron chi connectivity index (χ3n) is 4.87. The fourth-order valence-electron chi connectivity index (χ4n) is 3.35. The predicted molar refractivity (Wildman–Crippen MR) is 123 cm³/mol. The van der Waals surface area contributed by atoms with E-state index < -0.39 is 0 Å². The third kappa shape index (κ3) is 4.00. The maximum atomic E-state index is 12.6. The highest BCUT2D eigenvalue weighted by Gasteiger charge is 2.10. The van der Waals surface area contributed by atoms with Gasteiger partial charge in [-0.25, -0.2) is 4.98 Å². The van der Waals surface area contributed by atoms with Crippen LogP contribution in [0.4, 0.5) is 11.4 Å². The summed E-state index contributed by atoms with van der Waals surface area (Å²) < 4.78 is 1.19. The number of anilines is 2. The molecule has 1 amide bonds. The number of hydrogen-bond donors (Lipinski definition) is 1. The van der Waals surface area contributed by atoms with Crippen LogP contribution in [0.1, 0.15) is 21.5 Å². The molecule has 0 aliphatic carbocycles. The molecule has 0 spiro atoms. The summed E-state index contributed by atoms with van der Waals surface area (Å²) in [6, 6.07) is 19.9. The molecule has 0 aliphatic rings. The maximum Gasteiger partial charge on any atom is 0.255 e. The number of nitrogens with zero attached hydrogens (tertiary/aromatic N) is 2. The molecule has 0 aliphatic heterocycles. The van der Waals surface area contributed by atoms with Crippen LogP contribution >= 0.6 is 11.3 Å². The van der Waals surface area contributed by atoms with E-state index >= 15 is 0 Å². The number of aromatic nitrogens is 1. The van der Waals surface area contributed by atoms with E-state index in [-0.39, 0.29) is 5.91 Å². The van der Waals surface area contributed by atoms with Crippen LogP contribution in [0.5, 0.6) is 0 Å². The van der Waals surface area contributed by atoms with E-state index in [9.17, 15) is 4.79 Å². The van der Waals surface area contributed by atoms with Crippen LogP contribution in [0, 0.1) is 13.8 Å². The summed E-state index contributed by atoms with van der Waals surface area (Å²) in [5.41, 5.74) is 6.90. The Morgan fingerprint density at radius 2 is 1.72 bits per heavy atom. The molecule has 0 fully saturated rings. The quantitative estimate of drug-likeness (QED) is 0.463. The van der Waals surface area contributed by atoms with Crippen molar-refractivity contribution in [1.29, 1.82) is 0 Å². The predicted octanol–water partition coefficient (Wildman–Crippen LogP) is 5.90. The van der Waals surface area contributed by atoms with Crippen molar-refractivity contribution in [3.8, 4) is 10.6 Å². The second kappa shape index (κ2) is 7.68. The van der Waals surface area contributed by atoms with Crippen LogP contribution in [0.15, 0.2) is 60.7 Å². The second-order valence-electron chi connectivity index (χ2n) is 7.42. The van der Waals surface area contributed by atoms with E-state index in [1.807, 2.05) is 68.4 Å². The summed E-state index contributed by atoms with van der Waals surface area (Å²) in [7, 11) is 3.99. The van der Waals surface area contributed by atoms with Gasteiger partial charge in [0.05, 0.1) is 10.2 Å². The largest absolute Gasteiger partial charge is 0.377 e. The molecule has 4 aromatic rings. The number of rotatable bonds is 4. The first kappa shape index (κ1) is 19.2. The highest BCUT2D eigenvalue weighted by atomic mass is 32.1. The van der Waals surface area contributed by atoms with Gasteiger partial charge in [0.2, 0.25) is 0 Å². The van der Waals surface area contributed by atoms with Gasteiger partial charge < -0.3 is 10.2 Å². The standard InChI is InChI=1S/C24H23N3OS/c1-15-5-11-20-22(13-15)29-24(26-20)17-6-9-19(10-7-17)25-23(28)18-8-12-21(27(3)4)16(2)14-18/h5-14H,1-4H3,(H,25,28). The number of carbonyl (C=O) groups excluding carboxylic acids is 1. The molecule has 4 nitrogen and oxygen atoms in total. The normalized spacial score (nSPS) is 10.9. The van der Waals surface area contributed by atoms with E-state index in [2.05, 4.69) is 30.4 Å². The molecule has 29 heavy (non-hydrogen) atoms. The van der Waals surface area contributed by atoms with Gasteiger partial charge >= 0.3 is 0 Å². The van der Waals surface area contributed by atoms with Crippen LogP contribution in [0.3, 0.4) is 0 Å². The summed E-state index contributed by atoms with van der Waals surface area (Å²) in [4.78, 5) is 19.4. The molecule has 0 atom stereocenters. The van der Waals surface area contributed by atoms with Crippen LogP contribution in [-0.4, -0.2) is 25.0 Å². The Labute approximate surface area is 174 Å². The number of aryl methyl sites for hydroxylation is 2. The van der Waals surface area contributed by atoms with Gasteiger partial charge in [0.1, 0.15) is 5.01 Å². The minimum Gasteiger partial charge on any atom is -0.377 e. The smallest absolute Gasteiger partial charge is 0.255 e. The van der Waals surface area contributed by atoms with Crippen molar-refractivity contribution < 1.29 is 4.79 Å². The highest BCUT2D eigenvalue weighted by Crippen LogP contribution is 2.31. The molecule has 0 saturated heterocycles. The SMILES string of the molecule is Cc1ccc2nc(-c3ccc(NC(=O)c4ccc(N(C)C)c(C)c4)cc3)sc2c1. The van der Waals surface area contributed by atoms with Gasteiger partial charge in [0, 0.05) is 36.6 Å². The average Bonchev–Trinajstić information content (AvgIpc) is 3.11. The van der Waals surface area contributed by atoms with Gasteiger partial charge in [-0.15, -0.1) is 11.3 Å². The fourth-order valence-corrected chi connectivity index (χ4v) is 4.42. The van der Waals surface area contributed by atoms with Crippen molar-refractivity contribution in [2.45, 2.75) is 13.8 Å². The molecular weight excluding hydrogens is 378 g/mol. The van der Waals surface area contributed by atoms with E-state index in [1.54, 1.807) is 11.3 Å². The van der Waals surface area contributed by atoms with Crippen LogP contribution in [-0.2, 0) is 0 Å². The summed E-state index contributed by atoms with van der Waals surface area (Å²) in [5, 5.41) is 3.96. The Kier molecular flexibility index (Phi) is 5.07. The number of nitrogens with one attached hydrogen (secondary N) is 1. The lowest BCUT2D eigenvalue weighted by Gasteiger charge is -2.16. The fraction of sp³-hybridized carbons (Fsp3) is 0.167. The van der Waals surface area contributed by atoms with Crippen molar-refractivity contribution in [3.63, 3.8) is 0 Å². The maximum absolute atomic E-state index is 12.6. The molecule has 0 bridgehead atoms. The molecule has 1 N–H and O–H groups in total. The van der Waals surface area contributed by atoms with Crippen LogP contribution < -0.4 is 10.2 Å². The lowest BCUT2D eigenvalue weighted by Crippen LogP contribution is -2.14. The van der Waals surface area contributed by atoms with Gasteiger partial charge in [0.15, 0.2) is 0 Å². The zero-order valence-electron chi connectivity index (χ0n) is 17.0. The molecule has 4 rings (SSSR count). The lowest BCUT2D eigenvalue weighted by molar-refractivity contribution is 0.102. The van der Waals surface area contributed by atoms with E-state index in [0.717, 1.165) is 33.0 Å². The van der Waals surface area contributed by atoms with Crippen molar-refractivity contribution in [1.82, 2.24) is 4.98 Å². The summed E-state index contributed by atoms with van der Waals surface area (Å²) >= 11 is 1.68. The Balaban J connectivity index is 1.51. The van der Waals surface area contributed by atoms with Gasteiger partial charge in [-0.2, -0.15) is 0 Å². The second-order valence-corrected chi connectivity index (χ2v) is 8.45. The summed E-state index contributed by atoms with van der Waals surface area (Å²) in [6.07, 6.45) is 0. The minimum absolute atomic E-state index is 0.110. The molecule has 0 unspecified atom stereocenters. The Bertz CT molecular complexity index is 1190. The Hall–Kier alpha value is -3.18. The van der Waals surface area contributed by atoms with Crippen molar-refractivity contribution in [2.75, 3.05) is 24.3 Å². The molecule has 1 heterocycles. The van der Waals surface area contributed by atoms with E-state index in [4.69, 9.17) is 4.98 Å². The first-order valence-corrected chi connectivity index (χ1v) is 10.3. The number of fused-ring (bicyclic) bond motifs is 1. The minimum atomic E-state index is -0.110. The molecule has 146 valence electrons. The van der Waals surface area contributed by atoms with Gasteiger partial charge in [-0.3, -0.25) is 4.79 Å². The monoisotopic (exact) mass is 401 g/mol. The first-order chi connectivity index (χ1) is 13.9. The van der Waals surface area contributed by atoms with E-state index in [1.165, 1.54) is 10.3 Å². The number of thiazole rings is 1. The van der Waals surface area contributed by atoms with Crippen molar-refractivity contribution in [3.05, 3.63) is 77.4 Å². The highest BCUT2D eigenvalue weighted by molar-refractivity contribution is 7.21. The van der Waals surface area contributed by atoms with Crippen LogP contribution in [0.2, 0.25) is 0 Å². The number of benzene rings is 3. The van der Waals surface area contributed by atoms with Crippen molar-refractivity contribution in [2.24, 2.45) is 0 Å². The van der Waals surface area contributed by atoms with Gasteiger partial charge in [-0.1, -0.05) is 6.07 Å². The topological polar surface area (TPSA) is 45.2 Å². The number of hydrogen-bond acceptors (Lipinski definition) is 4. The zero-order valence-corrected chi connectivity index (χ0v) is 17.8. The first-order valence-electron chi connectivity index (χ1n) is 9.48. The molecule has 3 aromatic carbocycles. The summed E-state index contributed by atoms with van der Waals surface area (Å²) in [5.74, 6) is -0.110. The Morgan fingerprint density at radius 3 is 2.41 bits per heavy atom. The lowest BCUT2D eigenvalue weighted by atomic mass is 10.1. The molecule has 1 aromatic heterocycles. The molecule has 0 radical (unpaired) electrons. The molecule has 5 heteroatoms. The average molecular weight is 402 g/mol. The zero-order chi connectivity index (χ0) is 20.5. The Morgan fingerprint density at radius 1 is 0.966 bits per heavy atom. The number of carbonyl (C=O) groups is 1. The van der Waals surface area contributed by atoms with Crippen LogP contribution in [0.25, 0.3) is 20.8 Å². The summed E-state index contributed by atoms with van der Waals surface area (Å²) in [6.45, 7) is 4.10. The van der Waals surface area contributed by atoms with Gasteiger partial charge in [-0.05, 0) is 79.6 Å². The number of amides is 1. The van der Waals surface area contributed by atoms with Gasteiger partial charge in [0.25, 0.3) is 5.91 Å². The van der Waals surface area contributed by atoms with E-state index in [0.29, 0.717) is 5.56 Å². The third-order valence-corrected chi connectivity index (χ3v) is 5.94. The van der Waals surface area contributed by atoms with Crippen molar-refractivity contribution >= 4 is 38.8 Å². The molecular formula is C24H23N3OS. The molecule has 0 saturated carbocycles.